The molecular formula is C21H32N2O3. The Kier molecular flexibility index (Phi) is 7.79. The molecule has 1 N–H and O–H groups in total. The van der Waals surface area contributed by atoms with Crippen LogP contribution >= 0.6 is 0 Å². The van der Waals surface area contributed by atoms with Gasteiger partial charge in [0.05, 0.1) is 6.61 Å². The van der Waals surface area contributed by atoms with Gasteiger partial charge in [0.25, 0.3) is 5.91 Å². The minimum atomic E-state index is 0.00128. The Morgan fingerprint density at radius 3 is 2.65 bits per heavy atom. The predicted octanol–water partition coefficient (Wildman–Crippen LogP) is 2.44. The van der Waals surface area contributed by atoms with Crippen LogP contribution in [0, 0.1) is 6.92 Å². The van der Waals surface area contributed by atoms with E-state index in [1.54, 1.807) is 4.90 Å². The molecule has 1 atom stereocenters. The van der Waals surface area contributed by atoms with Crippen LogP contribution in [0.25, 0.3) is 0 Å². The lowest BCUT2D eigenvalue weighted by molar-refractivity contribution is -0.118. The van der Waals surface area contributed by atoms with Crippen LogP contribution in [0.5, 0.6) is 0 Å². The maximum Gasteiger partial charge on any atom is 0.254 e. The van der Waals surface area contributed by atoms with Gasteiger partial charge in [-0.2, -0.15) is 0 Å². The molecule has 0 saturated carbocycles. The first-order chi connectivity index (χ1) is 12.5. The van der Waals surface area contributed by atoms with E-state index in [2.05, 4.69) is 4.90 Å². The standard InChI is InChI=1S/C21H32N2O3/c1-4-22(5-2)21(26)19-10-6-8-16(3)20(19)14-18(25)11-13-23-12-7-9-17(23)15-24/h6,8,10,17,24H,4-5,7,9,11-15H2,1-3H3/t17-/m1/s1. The number of Topliss-reactive ketones (excluding diaryl/α,β-unsaturated/α-hetero) is 1. The van der Waals surface area contributed by atoms with Crippen molar-refractivity contribution >= 4 is 11.7 Å². The summed E-state index contributed by atoms with van der Waals surface area (Å²) in [5, 5.41) is 9.40. The number of ketones is 1. The van der Waals surface area contributed by atoms with Crippen molar-refractivity contribution in [3.8, 4) is 0 Å². The van der Waals surface area contributed by atoms with Gasteiger partial charge in [-0.15, -0.1) is 0 Å². The Bertz CT molecular complexity index is 626. The van der Waals surface area contributed by atoms with Gasteiger partial charge in [-0.05, 0) is 57.4 Å². The number of carbonyl (C=O) groups is 2. The quantitative estimate of drug-likeness (QED) is 0.735. The highest BCUT2D eigenvalue weighted by molar-refractivity contribution is 5.97. The number of aliphatic hydroxyl groups excluding tert-OH is 1. The van der Waals surface area contributed by atoms with E-state index in [9.17, 15) is 14.7 Å². The number of likely N-dealkylation sites (tertiary alicyclic amines) is 1. The van der Waals surface area contributed by atoms with Crippen molar-refractivity contribution in [2.75, 3.05) is 32.8 Å². The van der Waals surface area contributed by atoms with Crippen molar-refractivity contribution in [3.63, 3.8) is 0 Å². The molecule has 2 rings (SSSR count). The van der Waals surface area contributed by atoms with Gasteiger partial charge in [-0.25, -0.2) is 0 Å². The van der Waals surface area contributed by atoms with Gasteiger partial charge in [0, 0.05) is 44.1 Å². The molecule has 0 unspecified atom stereocenters. The molecule has 0 aromatic heterocycles. The third-order valence-electron chi connectivity index (χ3n) is 5.45. The molecule has 1 heterocycles. The lowest BCUT2D eigenvalue weighted by Crippen LogP contribution is -2.34. The normalized spacial score (nSPS) is 17.5. The summed E-state index contributed by atoms with van der Waals surface area (Å²) in [5.41, 5.74) is 2.50. The second-order valence-corrected chi connectivity index (χ2v) is 7.06. The molecule has 1 aromatic rings. The Hall–Kier alpha value is -1.72. The molecule has 0 spiro atoms. The molecule has 5 nitrogen and oxygen atoms in total. The number of rotatable bonds is 9. The van der Waals surface area contributed by atoms with Gasteiger partial charge in [0.2, 0.25) is 0 Å². The summed E-state index contributed by atoms with van der Waals surface area (Å²) in [4.78, 5) is 29.4. The second kappa shape index (κ2) is 9.83. The Balaban J connectivity index is 2.06. The van der Waals surface area contributed by atoms with E-state index in [1.807, 2.05) is 39.0 Å². The van der Waals surface area contributed by atoms with Crippen LogP contribution in [-0.2, 0) is 11.2 Å². The van der Waals surface area contributed by atoms with Crippen molar-refractivity contribution in [2.45, 2.75) is 52.5 Å². The molecule has 0 aliphatic carbocycles. The van der Waals surface area contributed by atoms with E-state index in [-0.39, 0.29) is 24.3 Å². The van der Waals surface area contributed by atoms with Gasteiger partial charge in [-0.1, -0.05) is 12.1 Å². The minimum Gasteiger partial charge on any atom is -0.395 e. The summed E-state index contributed by atoms with van der Waals surface area (Å²) in [6.07, 6.45) is 2.85. The zero-order chi connectivity index (χ0) is 19.1. The van der Waals surface area contributed by atoms with Crippen molar-refractivity contribution < 1.29 is 14.7 Å². The molecule has 0 bridgehead atoms. The van der Waals surface area contributed by atoms with Gasteiger partial charge in [-0.3, -0.25) is 14.5 Å². The Morgan fingerprint density at radius 2 is 2.00 bits per heavy atom. The highest BCUT2D eigenvalue weighted by Gasteiger charge is 2.24. The molecule has 1 aliphatic heterocycles. The maximum atomic E-state index is 12.8. The van der Waals surface area contributed by atoms with E-state index < -0.39 is 0 Å². The molecular weight excluding hydrogens is 328 g/mol. The molecule has 1 amide bonds. The predicted molar refractivity (Wildman–Crippen MR) is 103 cm³/mol. The maximum absolute atomic E-state index is 12.8. The van der Waals surface area contributed by atoms with Gasteiger partial charge >= 0.3 is 0 Å². The van der Waals surface area contributed by atoms with Crippen LogP contribution in [0.3, 0.4) is 0 Å². The number of carbonyl (C=O) groups excluding carboxylic acids is 2. The molecule has 1 fully saturated rings. The monoisotopic (exact) mass is 360 g/mol. The first kappa shape index (κ1) is 20.6. The van der Waals surface area contributed by atoms with Crippen LogP contribution in [0.2, 0.25) is 0 Å². The van der Waals surface area contributed by atoms with Crippen molar-refractivity contribution in [1.82, 2.24) is 9.80 Å². The zero-order valence-electron chi connectivity index (χ0n) is 16.3. The van der Waals surface area contributed by atoms with Crippen LogP contribution in [0.15, 0.2) is 18.2 Å². The first-order valence-electron chi connectivity index (χ1n) is 9.76. The second-order valence-electron chi connectivity index (χ2n) is 7.06. The van der Waals surface area contributed by atoms with E-state index in [4.69, 9.17) is 0 Å². The highest BCUT2D eigenvalue weighted by Crippen LogP contribution is 2.20. The van der Waals surface area contributed by atoms with E-state index in [0.717, 1.165) is 30.5 Å². The number of aryl methyl sites for hydroxylation is 1. The molecule has 144 valence electrons. The van der Waals surface area contributed by atoms with Gasteiger partial charge in [0.15, 0.2) is 0 Å². The third kappa shape index (κ3) is 4.92. The number of benzene rings is 1. The summed E-state index contributed by atoms with van der Waals surface area (Å²) in [6.45, 7) is 9.02. The fraction of sp³-hybridized carbons (Fsp3) is 0.619. The van der Waals surface area contributed by atoms with E-state index in [1.165, 1.54) is 0 Å². The number of amides is 1. The molecule has 1 aliphatic rings. The number of hydrogen-bond acceptors (Lipinski definition) is 4. The lowest BCUT2D eigenvalue weighted by Gasteiger charge is -2.23. The van der Waals surface area contributed by atoms with Crippen molar-refractivity contribution in [1.29, 1.82) is 0 Å². The number of aliphatic hydroxyl groups is 1. The summed E-state index contributed by atoms with van der Waals surface area (Å²) in [7, 11) is 0. The molecule has 26 heavy (non-hydrogen) atoms. The van der Waals surface area contributed by atoms with Crippen LogP contribution in [0.1, 0.15) is 54.6 Å². The largest absolute Gasteiger partial charge is 0.395 e. The minimum absolute atomic E-state index is 0.00128. The average Bonchev–Trinajstić information content (AvgIpc) is 3.10. The van der Waals surface area contributed by atoms with Crippen LogP contribution < -0.4 is 0 Å². The van der Waals surface area contributed by atoms with Gasteiger partial charge in [0.1, 0.15) is 5.78 Å². The van der Waals surface area contributed by atoms with Crippen molar-refractivity contribution in [3.05, 3.63) is 34.9 Å². The van der Waals surface area contributed by atoms with Gasteiger partial charge < -0.3 is 10.0 Å². The summed E-state index contributed by atoms with van der Waals surface area (Å²) >= 11 is 0. The number of hydrogen-bond donors (Lipinski definition) is 1. The SMILES string of the molecule is CCN(CC)C(=O)c1cccc(C)c1CC(=O)CCN1CCC[C@@H]1CO. The molecule has 1 saturated heterocycles. The number of nitrogens with zero attached hydrogens (tertiary/aromatic N) is 2. The molecule has 5 heteroatoms. The zero-order valence-corrected chi connectivity index (χ0v) is 16.3. The molecule has 0 radical (unpaired) electrons. The van der Waals surface area contributed by atoms with Crippen LogP contribution in [0.4, 0.5) is 0 Å². The topological polar surface area (TPSA) is 60.9 Å². The summed E-state index contributed by atoms with van der Waals surface area (Å²) in [6, 6.07) is 5.87. The van der Waals surface area contributed by atoms with E-state index in [0.29, 0.717) is 38.0 Å². The Labute approximate surface area is 157 Å². The highest BCUT2D eigenvalue weighted by atomic mass is 16.3. The van der Waals surface area contributed by atoms with E-state index >= 15 is 0 Å². The lowest BCUT2D eigenvalue weighted by atomic mass is 9.95. The molecule has 1 aromatic carbocycles. The summed E-state index contributed by atoms with van der Waals surface area (Å²) in [5.74, 6) is 0.151. The third-order valence-corrected chi connectivity index (χ3v) is 5.45. The average molecular weight is 360 g/mol. The first-order valence-corrected chi connectivity index (χ1v) is 9.76. The fourth-order valence-corrected chi connectivity index (χ4v) is 3.77. The fourth-order valence-electron chi connectivity index (χ4n) is 3.77. The Morgan fingerprint density at radius 1 is 1.27 bits per heavy atom. The summed E-state index contributed by atoms with van der Waals surface area (Å²) < 4.78 is 0. The van der Waals surface area contributed by atoms with Crippen molar-refractivity contribution in [2.24, 2.45) is 0 Å². The smallest absolute Gasteiger partial charge is 0.254 e. The van der Waals surface area contributed by atoms with Crippen LogP contribution in [-0.4, -0.2) is 65.4 Å².